The van der Waals surface area contributed by atoms with E-state index in [9.17, 15) is 13.6 Å². The van der Waals surface area contributed by atoms with Crippen LogP contribution < -0.4 is 11.1 Å². The second-order valence-electron chi connectivity index (χ2n) is 4.90. The van der Waals surface area contributed by atoms with Crippen LogP contribution in [-0.2, 0) is 16.1 Å². The number of halogens is 2. The Bertz CT molecular complexity index is 449. The molecule has 3 N–H and O–H groups in total. The average Bonchev–Trinajstić information content (AvgIpc) is 2.71. The maximum atomic E-state index is 12.9. The lowest BCUT2D eigenvalue weighted by Crippen LogP contribution is -2.39. The summed E-state index contributed by atoms with van der Waals surface area (Å²) in [5, 5.41) is 6.15. The molecule has 0 saturated heterocycles. The molecule has 0 bridgehead atoms. The minimum Gasteiger partial charge on any atom is -0.383 e. The van der Waals surface area contributed by atoms with Crippen molar-refractivity contribution in [2.45, 2.75) is 32.9 Å². The van der Waals surface area contributed by atoms with E-state index >= 15 is 0 Å². The van der Waals surface area contributed by atoms with Crippen LogP contribution in [0.15, 0.2) is 6.20 Å². The minimum absolute atomic E-state index is 0.00990. The summed E-state index contributed by atoms with van der Waals surface area (Å²) in [6.45, 7) is 4.38. The smallest absolute Gasteiger partial charge is 0.284 e. The maximum absolute atomic E-state index is 12.9. The van der Waals surface area contributed by atoms with Crippen LogP contribution in [0.4, 0.5) is 14.5 Å². The molecule has 0 aliphatic heterocycles. The number of nitrogens with one attached hydrogen (secondary N) is 1. The van der Waals surface area contributed by atoms with Crippen molar-refractivity contribution in [2.75, 3.05) is 19.0 Å². The second-order valence-corrected chi connectivity index (χ2v) is 4.90. The number of rotatable bonds is 7. The Morgan fingerprint density at radius 2 is 2.20 bits per heavy atom. The Hall–Kier alpha value is -1.54. The van der Waals surface area contributed by atoms with Gasteiger partial charge in [0.15, 0.2) is 5.69 Å². The third kappa shape index (κ3) is 4.53. The van der Waals surface area contributed by atoms with Crippen LogP contribution in [-0.4, -0.2) is 35.4 Å². The SMILES string of the molecule is COCC(N)C(=O)Nc1cn(CC(C)C)nc1C(F)F. The van der Waals surface area contributed by atoms with Crippen LogP contribution in [0, 0.1) is 5.92 Å². The fraction of sp³-hybridized carbons (Fsp3) is 0.667. The van der Waals surface area contributed by atoms with E-state index in [1.54, 1.807) is 0 Å². The molecule has 6 nitrogen and oxygen atoms in total. The summed E-state index contributed by atoms with van der Waals surface area (Å²) in [6, 6.07) is -0.918. The zero-order valence-electron chi connectivity index (χ0n) is 11.8. The maximum Gasteiger partial charge on any atom is 0.284 e. The molecule has 0 saturated carbocycles. The van der Waals surface area contributed by atoms with Gasteiger partial charge in [-0.05, 0) is 5.92 Å². The van der Waals surface area contributed by atoms with Gasteiger partial charge in [-0.15, -0.1) is 0 Å². The summed E-state index contributed by atoms with van der Waals surface area (Å²) in [6.07, 6.45) is -1.38. The highest BCUT2D eigenvalue weighted by Gasteiger charge is 2.22. The number of ether oxygens (including phenoxy) is 1. The van der Waals surface area contributed by atoms with E-state index in [1.165, 1.54) is 18.0 Å². The molecule has 1 atom stereocenters. The first-order valence-corrected chi connectivity index (χ1v) is 6.26. The van der Waals surface area contributed by atoms with Gasteiger partial charge in [-0.25, -0.2) is 8.78 Å². The van der Waals surface area contributed by atoms with Gasteiger partial charge in [-0.1, -0.05) is 13.8 Å². The Morgan fingerprint density at radius 1 is 1.55 bits per heavy atom. The lowest BCUT2D eigenvalue weighted by atomic mass is 10.2. The molecule has 1 heterocycles. The second kappa shape index (κ2) is 7.30. The molecule has 0 spiro atoms. The first kappa shape index (κ1) is 16.5. The molecule has 1 aromatic rings. The number of nitrogens with zero attached hydrogens (tertiary/aromatic N) is 2. The first-order valence-electron chi connectivity index (χ1n) is 6.26. The van der Waals surface area contributed by atoms with E-state index in [1.807, 2.05) is 13.8 Å². The van der Waals surface area contributed by atoms with Crippen molar-refractivity contribution in [2.24, 2.45) is 11.7 Å². The summed E-state index contributed by atoms with van der Waals surface area (Å²) in [7, 11) is 1.40. The molecule has 20 heavy (non-hydrogen) atoms. The van der Waals surface area contributed by atoms with Crippen LogP contribution in [0.5, 0.6) is 0 Å². The molecular formula is C12H20F2N4O2. The summed E-state index contributed by atoms with van der Waals surface area (Å²) in [5.74, 6) is -0.336. The number of carbonyl (C=O) groups excluding carboxylic acids is 1. The van der Waals surface area contributed by atoms with Crippen molar-refractivity contribution >= 4 is 11.6 Å². The Balaban J connectivity index is 2.87. The van der Waals surface area contributed by atoms with Crippen molar-refractivity contribution in [3.05, 3.63) is 11.9 Å². The molecule has 1 aromatic heterocycles. The standard InChI is InChI=1S/C12H20F2N4O2/c1-7(2)4-18-5-9(10(17-18)11(13)14)16-12(19)8(15)6-20-3/h5,7-8,11H,4,6,15H2,1-3H3,(H,16,19). The molecule has 0 aliphatic rings. The van der Waals surface area contributed by atoms with Crippen molar-refractivity contribution < 1.29 is 18.3 Å². The lowest BCUT2D eigenvalue weighted by Gasteiger charge is -2.10. The molecule has 1 unspecified atom stereocenters. The van der Waals surface area contributed by atoms with Gasteiger partial charge < -0.3 is 15.8 Å². The summed E-state index contributed by atoms with van der Waals surface area (Å²) in [4.78, 5) is 11.7. The number of aromatic nitrogens is 2. The topological polar surface area (TPSA) is 82.2 Å². The summed E-state index contributed by atoms with van der Waals surface area (Å²) < 4.78 is 31.9. The number of carbonyl (C=O) groups is 1. The lowest BCUT2D eigenvalue weighted by molar-refractivity contribution is -0.118. The number of hydrogen-bond acceptors (Lipinski definition) is 4. The van der Waals surface area contributed by atoms with Gasteiger partial charge in [0.1, 0.15) is 6.04 Å². The predicted octanol–water partition coefficient (Wildman–Crippen LogP) is 1.39. The predicted molar refractivity (Wildman–Crippen MR) is 70.5 cm³/mol. The van der Waals surface area contributed by atoms with Crippen LogP contribution in [0.2, 0.25) is 0 Å². The first-order chi connectivity index (χ1) is 9.35. The number of alkyl halides is 2. The van der Waals surface area contributed by atoms with E-state index in [2.05, 4.69) is 10.4 Å². The highest BCUT2D eigenvalue weighted by molar-refractivity contribution is 5.95. The van der Waals surface area contributed by atoms with E-state index in [0.717, 1.165) is 0 Å². The molecular weight excluding hydrogens is 270 g/mol. The van der Waals surface area contributed by atoms with Gasteiger partial charge in [0, 0.05) is 19.9 Å². The molecule has 0 aliphatic carbocycles. The number of methoxy groups -OCH3 is 1. The molecule has 0 radical (unpaired) electrons. The van der Waals surface area contributed by atoms with Gasteiger partial charge in [0.25, 0.3) is 6.43 Å². The molecule has 0 fully saturated rings. The van der Waals surface area contributed by atoms with Crippen molar-refractivity contribution in [3.63, 3.8) is 0 Å². The van der Waals surface area contributed by atoms with Crippen LogP contribution in [0.3, 0.4) is 0 Å². The number of hydrogen-bond donors (Lipinski definition) is 2. The summed E-state index contributed by atoms with van der Waals surface area (Å²) >= 11 is 0. The van der Waals surface area contributed by atoms with Crippen LogP contribution in [0.1, 0.15) is 26.0 Å². The fourth-order valence-electron chi connectivity index (χ4n) is 1.64. The Labute approximate surface area is 116 Å². The number of anilines is 1. The molecule has 0 aromatic carbocycles. The number of amides is 1. The van der Waals surface area contributed by atoms with Gasteiger partial charge in [0.05, 0.1) is 12.3 Å². The van der Waals surface area contributed by atoms with Gasteiger partial charge in [-0.2, -0.15) is 5.10 Å². The highest BCUT2D eigenvalue weighted by Crippen LogP contribution is 2.25. The third-order valence-electron chi connectivity index (χ3n) is 2.49. The monoisotopic (exact) mass is 290 g/mol. The minimum atomic E-state index is -2.77. The average molecular weight is 290 g/mol. The normalized spacial score (nSPS) is 13.0. The number of nitrogens with two attached hydrogens (primary N) is 1. The highest BCUT2D eigenvalue weighted by atomic mass is 19.3. The van der Waals surface area contributed by atoms with Crippen LogP contribution in [0.25, 0.3) is 0 Å². The van der Waals surface area contributed by atoms with Gasteiger partial charge in [0.2, 0.25) is 5.91 Å². The fourth-order valence-corrected chi connectivity index (χ4v) is 1.64. The van der Waals surface area contributed by atoms with Crippen LogP contribution >= 0.6 is 0 Å². The molecule has 8 heteroatoms. The Morgan fingerprint density at radius 3 is 2.70 bits per heavy atom. The van der Waals surface area contributed by atoms with Crippen molar-refractivity contribution in [3.8, 4) is 0 Å². The van der Waals surface area contributed by atoms with Crippen molar-refractivity contribution in [1.82, 2.24) is 9.78 Å². The van der Waals surface area contributed by atoms with E-state index < -0.39 is 24.1 Å². The third-order valence-corrected chi connectivity index (χ3v) is 2.49. The van der Waals surface area contributed by atoms with Gasteiger partial charge in [-0.3, -0.25) is 9.48 Å². The molecule has 1 amide bonds. The van der Waals surface area contributed by atoms with Crippen molar-refractivity contribution in [1.29, 1.82) is 0 Å². The van der Waals surface area contributed by atoms with Gasteiger partial charge >= 0.3 is 0 Å². The summed E-state index contributed by atoms with van der Waals surface area (Å²) in [5.41, 5.74) is 5.07. The van der Waals surface area contributed by atoms with E-state index in [4.69, 9.17) is 10.5 Å². The molecule has 114 valence electrons. The quantitative estimate of drug-likeness (QED) is 0.795. The largest absolute Gasteiger partial charge is 0.383 e. The van der Waals surface area contributed by atoms with E-state index in [-0.39, 0.29) is 18.2 Å². The Kier molecular flexibility index (Phi) is 6.03. The zero-order chi connectivity index (χ0) is 15.3. The zero-order valence-corrected chi connectivity index (χ0v) is 11.8. The van der Waals surface area contributed by atoms with E-state index in [0.29, 0.717) is 6.54 Å². The molecule has 1 rings (SSSR count).